The molecule has 0 fully saturated rings. The van der Waals surface area contributed by atoms with Crippen molar-refractivity contribution >= 4 is 0 Å². The Kier molecular flexibility index (Phi) is 5.15. The number of hydrogen-bond donors (Lipinski definition) is 2. The molecule has 2 rings (SSSR count). The third-order valence-corrected chi connectivity index (χ3v) is 4.04. The summed E-state index contributed by atoms with van der Waals surface area (Å²) in [5.41, 5.74) is 8.99. The first-order valence-electron chi connectivity index (χ1n) is 7.63. The van der Waals surface area contributed by atoms with Gasteiger partial charge < -0.3 is 10.8 Å². The molecule has 0 aliphatic heterocycles. The van der Waals surface area contributed by atoms with Gasteiger partial charge in [-0.05, 0) is 30.9 Å². The summed E-state index contributed by atoms with van der Waals surface area (Å²) in [5, 5.41) is 14.3. The van der Waals surface area contributed by atoms with E-state index >= 15 is 0 Å². The molecule has 0 spiro atoms. The highest BCUT2D eigenvalue weighted by molar-refractivity contribution is 5.24. The molecule has 1 atom stereocenters. The van der Waals surface area contributed by atoms with Crippen molar-refractivity contribution < 1.29 is 5.11 Å². The van der Waals surface area contributed by atoms with Crippen LogP contribution in [-0.4, -0.2) is 21.5 Å². The van der Waals surface area contributed by atoms with Gasteiger partial charge in [0.25, 0.3) is 0 Å². The van der Waals surface area contributed by atoms with Gasteiger partial charge in [0.2, 0.25) is 0 Å². The third-order valence-electron chi connectivity index (χ3n) is 4.04. The SMILES string of the molecule is CCc1cc(CC)n(CCC(N)(CO)c2ccccc2)n1. The number of aliphatic hydroxyl groups is 1. The van der Waals surface area contributed by atoms with E-state index in [0.717, 1.165) is 30.6 Å². The molecule has 0 bridgehead atoms. The van der Waals surface area contributed by atoms with E-state index in [1.54, 1.807) is 0 Å². The Labute approximate surface area is 126 Å². The molecule has 1 unspecified atom stereocenters. The van der Waals surface area contributed by atoms with Gasteiger partial charge in [-0.2, -0.15) is 5.10 Å². The van der Waals surface area contributed by atoms with Crippen LogP contribution in [-0.2, 0) is 24.9 Å². The average molecular weight is 287 g/mol. The Bertz CT molecular complexity index is 565. The van der Waals surface area contributed by atoms with Gasteiger partial charge in [-0.1, -0.05) is 44.2 Å². The quantitative estimate of drug-likeness (QED) is 0.821. The monoisotopic (exact) mass is 287 g/mol. The molecule has 2 aromatic rings. The van der Waals surface area contributed by atoms with E-state index in [1.165, 1.54) is 5.69 Å². The van der Waals surface area contributed by atoms with Gasteiger partial charge in [0.15, 0.2) is 0 Å². The molecular weight excluding hydrogens is 262 g/mol. The molecule has 0 saturated heterocycles. The topological polar surface area (TPSA) is 64.1 Å². The molecule has 114 valence electrons. The predicted molar refractivity (Wildman–Crippen MR) is 85.0 cm³/mol. The van der Waals surface area contributed by atoms with Crippen LogP contribution in [0, 0.1) is 0 Å². The number of nitrogens with two attached hydrogens (primary N) is 1. The van der Waals surface area contributed by atoms with Gasteiger partial charge in [-0.25, -0.2) is 0 Å². The zero-order valence-electron chi connectivity index (χ0n) is 12.9. The molecule has 1 heterocycles. The number of aryl methyl sites for hydroxylation is 3. The first-order chi connectivity index (χ1) is 10.1. The van der Waals surface area contributed by atoms with E-state index in [2.05, 4.69) is 25.0 Å². The van der Waals surface area contributed by atoms with Gasteiger partial charge in [0.05, 0.1) is 17.8 Å². The highest BCUT2D eigenvalue weighted by Crippen LogP contribution is 2.22. The second-order valence-electron chi connectivity index (χ2n) is 5.49. The lowest BCUT2D eigenvalue weighted by Gasteiger charge is -2.28. The van der Waals surface area contributed by atoms with Crippen LogP contribution < -0.4 is 5.73 Å². The van der Waals surface area contributed by atoms with Crippen LogP contribution in [0.4, 0.5) is 0 Å². The Morgan fingerprint density at radius 1 is 1.19 bits per heavy atom. The lowest BCUT2D eigenvalue weighted by atomic mass is 9.88. The van der Waals surface area contributed by atoms with Crippen molar-refractivity contribution in [2.45, 2.75) is 45.2 Å². The van der Waals surface area contributed by atoms with Crippen molar-refractivity contribution in [3.05, 3.63) is 53.3 Å². The fraction of sp³-hybridized carbons (Fsp3) is 0.471. The molecule has 1 aromatic carbocycles. The molecule has 0 aliphatic rings. The first-order valence-corrected chi connectivity index (χ1v) is 7.63. The summed E-state index contributed by atoms with van der Waals surface area (Å²) >= 11 is 0. The second-order valence-corrected chi connectivity index (χ2v) is 5.49. The maximum atomic E-state index is 9.74. The molecule has 0 radical (unpaired) electrons. The van der Waals surface area contributed by atoms with Gasteiger partial charge >= 0.3 is 0 Å². The largest absolute Gasteiger partial charge is 0.394 e. The van der Waals surface area contributed by atoms with E-state index in [0.29, 0.717) is 6.42 Å². The molecular formula is C17H25N3O. The van der Waals surface area contributed by atoms with E-state index < -0.39 is 5.54 Å². The molecule has 3 N–H and O–H groups in total. The Morgan fingerprint density at radius 2 is 1.90 bits per heavy atom. The summed E-state index contributed by atoms with van der Waals surface area (Å²) in [4.78, 5) is 0. The van der Waals surface area contributed by atoms with Crippen molar-refractivity contribution in [2.24, 2.45) is 5.73 Å². The van der Waals surface area contributed by atoms with E-state index in [4.69, 9.17) is 5.73 Å². The van der Waals surface area contributed by atoms with Crippen LogP contribution in [0.3, 0.4) is 0 Å². The maximum Gasteiger partial charge on any atom is 0.0661 e. The van der Waals surface area contributed by atoms with Crippen molar-refractivity contribution in [3.8, 4) is 0 Å². The lowest BCUT2D eigenvalue weighted by Crippen LogP contribution is -2.41. The van der Waals surface area contributed by atoms with E-state index in [1.807, 2.05) is 35.0 Å². The zero-order valence-corrected chi connectivity index (χ0v) is 12.9. The highest BCUT2D eigenvalue weighted by Gasteiger charge is 2.26. The van der Waals surface area contributed by atoms with Crippen LogP contribution in [0.2, 0.25) is 0 Å². The molecule has 21 heavy (non-hydrogen) atoms. The number of aromatic nitrogens is 2. The molecule has 4 nitrogen and oxygen atoms in total. The Hall–Kier alpha value is -1.65. The summed E-state index contributed by atoms with van der Waals surface area (Å²) in [5.74, 6) is 0. The Balaban J connectivity index is 2.15. The molecule has 0 saturated carbocycles. The van der Waals surface area contributed by atoms with Crippen molar-refractivity contribution in [2.75, 3.05) is 6.61 Å². The number of hydrogen-bond acceptors (Lipinski definition) is 3. The minimum Gasteiger partial charge on any atom is -0.394 e. The highest BCUT2D eigenvalue weighted by atomic mass is 16.3. The minimum absolute atomic E-state index is 0.0691. The van der Waals surface area contributed by atoms with Crippen LogP contribution >= 0.6 is 0 Å². The first kappa shape index (κ1) is 15.7. The summed E-state index contributed by atoms with van der Waals surface area (Å²) in [6, 6.07) is 12.0. The molecule has 4 heteroatoms. The van der Waals surface area contributed by atoms with E-state index in [-0.39, 0.29) is 6.61 Å². The van der Waals surface area contributed by atoms with E-state index in [9.17, 15) is 5.11 Å². The second kappa shape index (κ2) is 6.87. The number of benzene rings is 1. The van der Waals surface area contributed by atoms with Crippen molar-refractivity contribution in [1.82, 2.24) is 9.78 Å². The number of nitrogens with zero attached hydrogens (tertiary/aromatic N) is 2. The van der Waals surface area contributed by atoms with Crippen LogP contribution in [0.25, 0.3) is 0 Å². The molecule has 0 amide bonds. The molecule has 1 aromatic heterocycles. The third kappa shape index (κ3) is 3.52. The predicted octanol–water partition coefficient (Wildman–Crippen LogP) is 2.24. The lowest BCUT2D eigenvalue weighted by molar-refractivity contribution is 0.180. The summed E-state index contributed by atoms with van der Waals surface area (Å²) < 4.78 is 2.03. The van der Waals surface area contributed by atoms with Crippen LogP contribution in [0.15, 0.2) is 36.4 Å². The van der Waals surface area contributed by atoms with Gasteiger partial charge in [0, 0.05) is 12.2 Å². The maximum absolute atomic E-state index is 9.74. The zero-order chi connectivity index (χ0) is 15.3. The smallest absolute Gasteiger partial charge is 0.0661 e. The van der Waals surface area contributed by atoms with Gasteiger partial charge in [0.1, 0.15) is 0 Å². The van der Waals surface area contributed by atoms with Crippen LogP contribution in [0.1, 0.15) is 37.2 Å². The van der Waals surface area contributed by atoms with Crippen LogP contribution in [0.5, 0.6) is 0 Å². The standard InChI is InChI=1S/C17H25N3O/c1-3-15-12-16(4-2)20(19-15)11-10-17(18,13-21)14-8-6-5-7-9-14/h5-9,12,21H,3-4,10-11,13,18H2,1-2H3. The average Bonchev–Trinajstić information content (AvgIpc) is 2.96. The fourth-order valence-electron chi connectivity index (χ4n) is 2.56. The summed E-state index contributed by atoms with van der Waals surface area (Å²) in [6.07, 6.45) is 2.55. The van der Waals surface area contributed by atoms with Crippen molar-refractivity contribution in [1.29, 1.82) is 0 Å². The number of rotatable bonds is 7. The minimum atomic E-state index is -0.718. The number of aliphatic hydroxyl groups excluding tert-OH is 1. The molecule has 0 aliphatic carbocycles. The fourth-order valence-corrected chi connectivity index (χ4v) is 2.56. The summed E-state index contributed by atoms with van der Waals surface area (Å²) in [6.45, 7) is 4.89. The normalized spacial score (nSPS) is 14.1. The van der Waals surface area contributed by atoms with Gasteiger partial charge in [-0.3, -0.25) is 4.68 Å². The Morgan fingerprint density at radius 3 is 2.48 bits per heavy atom. The van der Waals surface area contributed by atoms with Crippen molar-refractivity contribution in [3.63, 3.8) is 0 Å². The summed E-state index contributed by atoms with van der Waals surface area (Å²) in [7, 11) is 0. The van der Waals surface area contributed by atoms with Gasteiger partial charge in [-0.15, -0.1) is 0 Å².